The average Bonchev–Trinajstić information content (AvgIpc) is 3.14. The van der Waals surface area contributed by atoms with Crippen LogP contribution in [0.5, 0.6) is 0 Å². The molecule has 6 heteroatoms. The first-order chi connectivity index (χ1) is 15.0. The van der Waals surface area contributed by atoms with Crippen LogP contribution in [-0.2, 0) is 0 Å². The summed E-state index contributed by atoms with van der Waals surface area (Å²) in [6, 6.07) is 12.2. The van der Waals surface area contributed by atoms with E-state index in [4.69, 9.17) is 11.6 Å². The molecule has 0 atom stereocenters. The van der Waals surface area contributed by atoms with Crippen molar-refractivity contribution in [3.8, 4) is 22.3 Å². The number of anilines is 1. The van der Waals surface area contributed by atoms with Crippen molar-refractivity contribution >= 4 is 34.5 Å². The van der Waals surface area contributed by atoms with E-state index in [0.29, 0.717) is 16.6 Å². The second-order valence-electron chi connectivity index (χ2n) is 7.52. The van der Waals surface area contributed by atoms with Crippen LogP contribution in [0.3, 0.4) is 0 Å². The van der Waals surface area contributed by atoms with Crippen LogP contribution < -0.4 is 5.32 Å². The van der Waals surface area contributed by atoms with Crippen molar-refractivity contribution in [3.63, 3.8) is 0 Å². The molecule has 1 fully saturated rings. The van der Waals surface area contributed by atoms with Gasteiger partial charge in [-0.05, 0) is 48.7 Å². The van der Waals surface area contributed by atoms with Gasteiger partial charge in [0.05, 0.1) is 14.8 Å². The summed E-state index contributed by atoms with van der Waals surface area (Å²) in [5, 5.41) is 3.15. The van der Waals surface area contributed by atoms with E-state index in [0.717, 1.165) is 27.5 Å². The van der Waals surface area contributed by atoms with E-state index in [1.807, 2.05) is 18.2 Å². The predicted molar refractivity (Wildman–Crippen MR) is 123 cm³/mol. The molecule has 2 nitrogen and oxygen atoms in total. The molecule has 0 radical (unpaired) electrons. The lowest BCUT2D eigenvalue weighted by molar-refractivity contribution is 0.101. The summed E-state index contributed by atoms with van der Waals surface area (Å²) < 4.78 is 27.6. The van der Waals surface area contributed by atoms with Crippen LogP contribution in [0.1, 0.15) is 47.3 Å². The molecule has 2 aromatic carbocycles. The van der Waals surface area contributed by atoms with Gasteiger partial charge in [-0.3, -0.25) is 4.79 Å². The monoisotopic (exact) mass is 455 g/mol. The molecule has 158 valence electrons. The first kappa shape index (κ1) is 21.5. The Kier molecular flexibility index (Phi) is 6.70. The molecular weight excluding hydrogens is 436 g/mol. The number of hydrogen-bond donors (Lipinski definition) is 1. The number of amides is 1. The zero-order valence-electron chi connectivity index (χ0n) is 16.7. The molecule has 0 spiro atoms. The third-order valence-corrected chi connectivity index (χ3v) is 6.80. The average molecular weight is 456 g/mol. The van der Waals surface area contributed by atoms with Crippen LogP contribution in [0.15, 0.2) is 48.5 Å². The van der Waals surface area contributed by atoms with Gasteiger partial charge in [-0.1, -0.05) is 60.9 Å². The third-order valence-electron chi connectivity index (χ3n) is 5.29. The lowest BCUT2D eigenvalue weighted by atomic mass is 9.90. The van der Waals surface area contributed by atoms with Crippen molar-refractivity contribution in [3.05, 3.63) is 75.6 Å². The van der Waals surface area contributed by atoms with E-state index < -0.39 is 23.1 Å². The Bertz CT molecular complexity index is 1130. The highest BCUT2D eigenvalue weighted by Gasteiger charge is 2.17. The lowest BCUT2D eigenvalue weighted by Crippen LogP contribution is -2.15. The molecule has 3 aromatic rings. The fourth-order valence-electron chi connectivity index (χ4n) is 3.66. The molecule has 1 heterocycles. The van der Waals surface area contributed by atoms with Crippen molar-refractivity contribution in [1.29, 1.82) is 0 Å². The van der Waals surface area contributed by atoms with Crippen LogP contribution in [-0.4, -0.2) is 5.91 Å². The number of benzene rings is 2. The Morgan fingerprint density at radius 1 is 1.03 bits per heavy atom. The van der Waals surface area contributed by atoms with Gasteiger partial charge in [-0.25, -0.2) is 8.78 Å². The van der Waals surface area contributed by atoms with Crippen molar-refractivity contribution in [1.82, 2.24) is 0 Å². The molecule has 1 saturated carbocycles. The van der Waals surface area contributed by atoms with Crippen LogP contribution in [0, 0.1) is 29.4 Å². The summed E-state index contributed by atoms with van der Waals surface area (Å²) in [5.41, 5.74) is 0.714. The fraction of sp³-hybridized carbons (Fsp3) is 0.240. The largest absolute Gasteiger partial charge is 0.322 e. The fourth-order valence-corrected chi connectivity index (χ4v) is 4.98. The minimum Gasteiger partial charge on any atom is -0.322 e. The van der Waals surface area contributed by atoms with Crippen LogP contribution in [0.2, 0.25) is 5.02 Å². The maximum atomic E-state index is 13.8. The lowest BCUT2D eigenvalue weighted by Gasteiger charge is -2.15. The molecule has 0 bridgehead atoms. The van der Waals surface area contributed by atoms with E-state index in [-0.39, 0.29) is 0 Å². The van der Waals surface area contributed by atoms with Gasteiger partial charge in [0.15, 0.2) is 0 Å². The SMILES string of the molecule is O=C(Nc1ccc(-c2sc(C#CC3CCCCC3)cc2Cl)cc1)c1c(F)cccc1F. The molecule has 1 amide bonds. The Hall–Kier alpha value is -2.68. The second-order valence-corrected chi connectivity index (χ2v) is 8.98. The molecule has 1 aromatic heterocycles. The van der Waals surface area contributed by atoms with E-state index in [9.17, 15) is 13.6 Å². The van der Waals surface area contributed by atoms with E-state index in [1.165, 1.54) is 49.5 Å². The summed E-state index contributed by atoms with van der Waals surface area (Å²) >= 11 is 7.96. The van der Waals surface area contributed by atoms with Gasteiger partial charge in [0, 0.05) is 11.6 Å². The molecule has 0 saturated heterocycles. The highest BCUT2D eigenvalue weighted by atomic mass is 35.5. The molecule has 31 heavy (non-hydrogen) atoms. The number of halogens is 3. The third kappa shape index (κ3) is 5.15. The summed E-state index contributed by atoms with van der Waals surface area (Å²) in [7, 11) is 0. The Balaban J connectivity index is 1.48. The first-order valence-electron chi connectivity index (χ1n) is 10.2. The zero-order chi connectivity index (χ0) is 21.8. The number of rotatable bonds is 3. The van der Waals surface area contributed by atoms with E-state index in [2.05, 4.69) is 17.2 Å². The number of carbonyl (C=O) groups excluding carboxylic acids is 1. The highest BCUT2D eigenvalue weighted by Crippen LogP contribution is 2.36. The van der Waals surface area contributed by atoms with E-state index >= 15 is 0 Å². The van der Waals surface area contributed by atoms with Crippen LogP contribution in [0.4, 0.5) is 14.5 Å². The first-order valence-corrected chi connectivity index (χ1v) is 11.4. The van der Waals surface area contributed by atoms with Gasteiger partial charge in [0.2, 0.25) is 0 Å². The molecule has 1 aliphatic rings. The van der Waals surface area contributed by atoms with Gasteiger partial charge in [0.1, 0.15) is 17.2 Å². The summed E-state index contributed by atoms with van der Waals surface area (Å²) in [6.45, 7) is 0. The van der Waals surface area contributed by atoms with Crippen LogP contribution >= 0.6 is 22.9 Å². The topological polar surface area (TPSA) is 29.1 Å². The Labute approximate surface area is 189 Å². The van der Waals surface area contributed by atoms with Crippen molar-refractivity contribution < 1.29 is 13.6 Å². The summed E-state index contributed by atoms with van der Waals surface area (Å²) in [4.78, 5) is 14.1. The number of nitrogens with one attached hydrogen (secondary N) is 1. The Morgan fingerprint density at radius 3 is 2.39 bits per heavy atom. The van der Waals surface area contributed by atoms with Gasteiger partial charge in [-0.15, -0.1) is 11.3 Å². The molecule has 1 aliphatic carbocycles. The standard InChI is InChI=1S/C25H20ClF2NOS/c26-20-15-19(14-9-16-5-2-1-3-6-16)31-24(20)17-10-12-18(13-11-17)29-25(30)23-21(27)7-4-8-22(23)28/h4,7-8,10-13,15-16H,1-3,5-6H2,(H,29,30). The maximum Gasteiger partial charge on any atom is 0.261 e. The molecule has 1 N–H and O–H groups in total. The quantitative estimate of drug-likeness (QED) is 0.406. The van der Waals surface area contributed by atoms with Gasteiger partial charge < -0.3 is 5.32 Å². The van der Waals surface area contributed by atoms with Gasteiger partial charge in [-0.2, -0.15) is 0 Å². The summed E-state index contributed by atoms with van der Waals surface area (Å²) in [6.07, 6.45) is 6.15. The zero-order valence-corrected chi connectivity index (χ0v) is 18.3. The predicted octanol–water partition coefficient (Wildman–Crippen LogP) is 7.53. The maximum absolute atomic E-state index is 13.8. The summed E-state index contributed by atoms with van der Waals surface area (Å²) in [5.74, 6) is 4.48. The minimum atomic E-state index is -0.902. The van der Waals surface area contributed by atoms with Crippen molar-refractivity contribution in [2.24, 2.45) is 5.92 Å². The molecular formula is C25H20ClF2NOS. The normalized spacial score (nSPS) is 14.0. The van der Waals surface area contributed by atoms with Gasteiger partial charge >= 0.3 is 0 Å². The van der Waals surface area contributed by atoms with Crippen molar-refractivity contribution in [2.75, 3.05) is 5.32 Å². The van der Waals surface area contributed by atoms with E-state index in [1.54, 1.807) is 12.1 Å². The number of thiophene rings is 1. The van der Waals surface area contributed by atoms with Crippen molar-refractivity contribution in [2.45, 2.75) is 32.1 Å². The minimum absolute atomic E-state index is 0.432. The van der Waals surface area contributed by atoms with Crippen LogP contribution in [0.25, 0.3) is 10.4 Å². The smallest absolute Gasteiger partial charge is 0.261 e. The number of hydrogen-bond acceptors (Lipinski definition) is 2. The highest BCUT2D eigenvalue weighted by molar-refractivity contribution is 7.16. The second kappa shape index (κ2) is 9.64. The van der Waals surface area contributed by atoms with Gasteiger partial charge in [0.25, 0.3) is 5.91 Å². The number of carbonyl (C=O) groups is 1. The molecule has 4 rings (SSSR count). The molecule has 0 unspecified atom stereocenters. The Morgan fingerprint density at radius 2 is 1.71 bits per heavy atom. The molecule has 0 aliphatic heterocycles.